The zero-order valence-corrected chi connectivity index (χ0v) is 17.7. The number of aryl methyl sites for hydroxylation is 2. The Morgan fingerprint density at radius 2 is 2.16 bits per heavy atom. The summed E-state index contributed by atoms with van der Waals surface area (Å²) >= 11 is 5.29. The molecule has 2 aromatic heterocycles. The van der Waals surface area contributed by atoms with Crippen LogP contribution in [0.15, 0.2) is 46.6 Å². The van der Waals surface area contributed by atoms with Gasteiger partial charge in [0.15, 0.2) is 10.9 Å². The minimum Gasteiger partial charge on any atom is -0.479 e. The quantitative estimate of drug-likeness (QED) is 0.260. The molecule has 4 rings (SSSR count). The molecule has 0 saturated carbocycles. The minimum atomic E-state index is -0.664. The first-order valence-corrected chi connectivity index (χ1v) is 9.66. The number of amides is 1. The number of furan rings is 1. The van der Waals surface area contributed by atoms with E-state index in [1.54, 1.807) is 37.0 Å². The number of halogens is 1. The Kier molecular flexibility index (Phi) is 5.45. The molecule has 0 spiro atoms. The molecule has 0 aliphatic carbocycles. The molecule has 1 amide bonds. The van der Waals surface area contributed by atoms with Crippen LogP contribution in [0.25, 0.3) is 6.08 Å². The minimum absolute atomic E-state index is 0.172. The monoisotopic (exact) mass is 457 g/mol. The number of benzene rings is 1. The number of nitro groups is 1. The molecule has 32 heavy (non-hydrogen) atoms. The zero-order valence-electron chi connectivity index (χ0n) is 16.9. The van der Waals surface area contributed by atoms with Crippen LogP contribution < -0.4 is 15.0 Å². The molecular formula is C20H16FN5O5S. The third-order valence-corrected chi connectivity index (χ3v) is 4.85. The van der Waals surface area contributed by atoms with E-state index in [1.807, 2.05) is 0 Å². The average Bonchev–Trinajstić information content (AvgIpc) is 3.38. The number of anilines is 1. The fourth-order valence-electron chi connectivity index (χ4n) is 3.16. The highest BCUT2D eigenvalue weighted by atomic mass is 32.1. The topological polar surface area (TPSA) is 116 Å². The predicted octanol–water partition coefficient (Wildman–Crippen LogP) is 3.21. The van der Waals surface area contributed by atoms with Crippen molar-refractivity contribution < 1.29 is 23.3 Å². The number of aromatic nitrogens is 2. The molecule has 3 aromatic rings. The maximum atomic E-state index is 13.4. The average molecular weight is 457 g/mol. The third-order valence-electron chi connectivity index (χ3n) is 4.56. The Labute approximate surface area is 186 Å². The molecule has 0 bridgehead atoms. The Hall–Kier alpha value is -4.06. The highest BCUT2D eigenvalue weighted by Crippen LogP contribution is 2.29. The van der Waals surface area contributed by atoms with Crippen molar-refractivity contribution in [3.05, 3.63) is 75.4 Å². The van der Waals surface area contributed by atoms with E-state index in [4.69, 9.17) is 21.4 Å². The Bertz CT molecular complexity index is 1280. The normalized spacial score (nSPS) is 14.8. The molecule has 1 aliphatic heterocycles. The number of nitrogens with zero attached hydrogens (tertiary/aromatic N) is 4. The van der Waals surface area contributed by atoms with Gasteiger partial charge in [0.05, 0.1) is 16.3 Å². The summed E-state index contributed by atoms with van der Waals surface area (Å²) in [6, 6.07) is 6.12. The van der Waals surface area contributed by atoms with Gasteiger partial charge >= 0.3 is 5.69 Å². The Balaban J connectivity index is 1.49. The number of nitrogens with one attached hydrogen (secondary N) is 1. The van der Waals surface area contributed by atoms with Crippen molar-refractivity contribution in [1.29, 1.82) is 0 Å². The second-order valence-corrected chi connectivity index (χ2v) is 7.25. The standard InChI is InChI=1S/C20H16FN5O5S/c1-11-17(9-24(2)23-11)25-19(27)15(22-20(25)32)8-13-4-5-14(31-13)10-30-18-7-12(21)3-6-16(18)26(28)29/h3-9H,10H2,1-2H3,(H,22,32)/b15-8+. The molecule has 3 heterocycles. The van der Waals surface area contributed by atoms with Crippen LogP contribution in [0.4, 0.5) is 15.8 Å². The lowest BCUT2D eigenvalue weighted by atomic mass is 10.3. The lowest BCUT2D eigenvalue weighted by molar-refractivity contribution is -0.386. The molecule has 10 nitrogen and oxygen atoms in total. The second-order valence-electron chi connectivity index (χ2n) is 6.86. The largest absolute Gasteiger partial charge is 0.479 e. The van der Waals surface area contributed by atoms with Gasteiger partial charge in [-0.1, -0.05) is 0 Å². The van der Waals surface area contributed by atoms with Crippen molar-refractivity contribution in [3.63, 3.8) is 0 Å². The van der Waals surface area contributed by atoms with Gasteiger partial charge in [-0.3, -0.25) is 19.6 Å². The molecule has 1 aromatic carbocycles. The number of hydrogen-bond donors (Lipinski definition) is 1. The zero-order chi connectivity index (χ0) is 23.0. The number of carbonyl (C=O) groups excluding carboxylic acids is 1. The van der Waals surface area contributed by atoms with Gasteiger partial charge in [-0.05, 0) is 37.3 Å². The van der Waals surface area contributed by atoms with E-state index in [0.29, 0.717) is 22.9 Å². The summed E-state index contributed by atoms with van der Waals surface area (Å²) in [6.45, 7) is 1.60. The van der Waals surface area contributed by atoms with Gasteiger partial charge in [0.25, 0.3) is 5.91 Å². The van der Waals surface area contributed by atoms with E-state index in [0.717, 1.165) is 18.2 Å². The maximum Gasteiger partial charge on any atom is 0.311 e. The fourth-order valence-corrected chi connectivity index (χ4v) is 3.45. The summed E-state index contributed by atoms with van der Waals surface area (Å²) in [5, 5.41) is 18.4. The number of rotatable bonds is 6. The van der Waals surface area contributed by atoms with Crippen molar-refractivity contribution >= 4 is 40.7 Å². The van der Waals surface area contributed by atoms with E-state index in [1.165, 1.54) is 11.0 Å². The van der Waals surface area contributed by atoms with Gasteiger partial charge in [-0.2, -0.15) is 5.10 Å². The molecular weight excluding hydrogens is 441 g/mol. The second kappa shape index (κ2) is 8.23. The van der Waals surface area contributed by atoms with Gasteiger partial charge in [-0.25, -0.2) is 9.29 Å². The van der Waals surface area contributed by atoms with Gasteiger partial charge in [0, 0.05) is 31.5 Å². The van der Waals surface area contributed by atoms with Crippen LogP contribution in [0, 0.1) is 22.9 Å². The highest BCUT2D eigenvalue weighted by molar-refractivity contribution is 7.80. The molecule has 0 atom stereocenters. The fraction of sp³-hybridized carbons (Fsp3) is 0.150. The van der Waals surface area contributed by atoms with E-state index in [-0.39, 0.29) is 34.8 Å². The van der Waals surface area contributed by atoms with Crippen LogP contribution in [0.5, 0.6) is 5.75 Å². The number of carbonyl (C=O) groups is 1. The number of hydrogen-bond acceptors (Lipinski definition) is 7. The first-order valence-electron chi connectivity index (χ1n) is 9.26. The Morgan fingerprint density at radius 3 is 2.84 bits per heavy atom. The molecule has 1 aliphatic rings. The summed E-state index contributed by atoms with van der Waals surface area (Å²) in [5.41, 5.74) is 1.07. The lowest BCUT2D eigenvalue weighted by Crippen LogP contribution is -2.30. The van der Waals surface area contributed by atoms with E-state index < -0.39 is 10.7 Å². The van der Waals surface area contributed by atoms with Gasteiger partial charge in [-0.15, -0.1) is 0 Å². The van der Waals surface area contributed by atoms with Crippen LogP contribution >= 0.6 is 12.2 Å². The molecule has 1 saturated heterocycles. The van der Waals surface area contributed by atoms with Crippen molar-refractivity contribution in [2.24, 2.45) is 7.05 Å². The van der Waals surface area contributed by atoms with Crippen LogP contribution in [-0.4, -0.2) is 25.7 Å². The molecule has 164 valence electrons. The summed E-state index contributed by atoms with van der Waals surface area (Å²) in [5.74, 6) is -0.586. The maximum absolute atomic E-state index is 13.4. The number of thiocarbonyl (C=S) groups is 1. The number of nitro benzene ring substituents is 1. The molecule has 12 heteroatoms. The Morgan fingerprint density at radius 1 is 1.38 bits per heavy atom. The lowest BCUT2D eigenvalue weighted by Gasteiger charge is -2.11. The van der Waals surface area contributed by atoms with E-state index >= 15 is 0 Å². The van der Waals surface area contributed by atoms with Crippen LogP contribution in [0.3, 0.4) is 0 Å². The first kappa shape index (κ1) is 21.2. The molecule has 1 N–H and O–H groups in total. The SMILES string of the molecule is Cc1nn(C)cc1N1C(=O)/C(=C\c2ccc(COc3cc(F)ccc3[N+](=O)[O-])o2)NC1=S. The van der Waals surface area contributed by atoms with Crippen molar-refractivity contribution in [2.45, 2.75) is 13.5 Å². The smallest absolute Gasteiger partial charge is 0.311 e. The van der Waals surface area contributed by atoms with Crippen molar-refractivity contribution in [3.8, 4) is 5.75 Å². The predicted molar refractivity (Wildman–Crippen MR) is 115 cm³/mol. The van der Waals surface area contributed by atoms with Crippen molar-refractivity contribution in [2.75, 3.05) is 4.90 Å². The van der Waals surface area contributed by atoms with Crippen LogP contribution in [0.1, 0.15) is 17.2 Å². The van der Waals surface area contributed by atoms with E-state index in [2.05, 4.69) is 10.4 Å². The van der Waals surface area contributed by atoms with E-state index in [9.17, 15) is 19.3 Å². The van der Waals surface area contributed by atoms with Gasteiger partial charge in [0.2, 0.25) is 0 Å². The highest BCUT2D eigenvalue weighted by Gasteiger charge is 2.34. The first-order chi connectivity index (χ1) is 15.2. The summed E-state index contributed by atoms with van der Waals surface area (Å²) < 4.78 is 26.0. The molecule has 0 radical (unpaired) electrons. The number of ether oxygens (including phenoxy) is 1. The summed E-state index contributed by atoms with van der Waals surface area (Å²) in [4.78, 5) is 24.6. The van der Waals surface area contributed by atoms with Crippen LogP contribution in [0.2, 0.25) is 0 Å². The molecule has 1 fully saturated rings. The summed E-state index contributed by atoms with van der Waals surface area (Å²) in [6.07, 6.45) is 3.17. The summed E-state index contributed by atoms with van der Waals surface area (Å²) in [7, 11) is 1.75. The van der Waals surface area contributed by atoms with Gasteiger partial charge < -0.3 is 14.5 Å². The van der Waals surface area contributed by atoms with Gasteiger partial charge in [0.1, 0.15) is 29.6 Å². The van der Waals surface area contributed by atoms with Crippen LogP contribution in [-0.2, 0) is 18.4 Å². The molecule has 0 unspecified atom stereocenters. The van der Waals surface area contributed by atoms with Crippen molar-refractivity contribution in [1.82, 2.24) is 15.1 Å². The third kappa shape index (κ3) is 4.07.